The van der Waals surface area contributed by atoms with Gasteiger partial charge in [0.2, 0.25) is 0 Å². The second-order valence-electron chi connectivity index (χ2n) is 5.40. The number of allylic oxidation sites excluding steroid dienone is 1. The molecule has 0 aromatic carbocycles. The number of hydrogen-bond acceptors (Lipinski definition) is 2. The van der Waals surface area contributed by atoms with E-state index in [-0.39, 0.29) is 0 Å². The van der Waals surface area contributed by atoms with Crippen LogP contribution in [0.2, 0.25) is 0 Å². The van der Waals surface area contributed by atoms with Gasteiger partial charge in [0.05, 0.1) is 0 Å². The minimum Gasteiger partial charge on any atom is -0.317 e. The Bertz CT molecular complexity index is 209. The predicted octanol–water partition coefficient (Wildman–Crippen LogP) is 4.66. The van der Waals surface area contributed by atoms with Crippen LogP contribution < -0.4 is 5.32 Å². The third-order valence-corrected chi connectivity index (χ3v) is 3.49. The predicted molar refractivity (Wildman–Crippen MR) is 84.2 cm³/mol. The summed E-state index contributed by atoms with van der Waals surface area (Å²) >= 11 is 0. The summed E-state index contributed by atoms with van der Waals surface area (Å²) < 4.78 is 0. The summed E-state index contributed by atoms with van der Waals surface area (Å²) in [4.78, 5) is 9.95. The number of hydrogen-bond donors (Lipinski definition) is 1. The number of rotatable bonds is 15. The van der Waals surface area contributed by atoms with Gasteiger partial charge >= 0.3 is 0 Å². The van der Waals surface area contributed by atoms with Crippen molar-refractivity contribution in [3.63, 3.8) is 0 Å². The molecule has 2 heteroatoms. The highest BCUT2D eigenvalue weighted by Gasteiger charge is 1.92. The molecule has 2 nitrogen and oxygen atoms in total. The van der Waals surface area contributed by atoms with Crippen molar-refractivity contribution >= 4 is 5.94 Å². The maximum Gasteiger partial charge on any atom is 0.120 e. The summed E-state index contributed by atoms with van der Waals surface area (Å²) in [5.41, 5.74) is 0. The van der Waals surface area contributed by atoms with Gasteiger partial charge in [0.15, 0.2) is 0 Å². The second-order valence-corrected chi connectivity index (χ2v) is 5.40. The van der Waals surface area contributed by atoms with Gasteiger partial charge in [-0.3, -0.25) is 0 Å². The highest BCUT2D eigenvalue weighted by atomic mass is 16.1. The van der Waals surface area contributed by atoms with E-state index in [1.54, 1.807) is 6.08 Å². The van der Waals surface area contributed by atoms with Crippen molar-refractivity contribution < 1.29 is 4.79 Å². The van der Waals surface area contributed by atoms with Crippen LogP contribution in [0.25, 0.3) is 0 Å². The van der Waals surface area contributed by atoms with Gasteiger partial charge in [0.1, 0.15) is 5.94 Å². The minimum atomic E-state index is 0.903. The summed E-state index contributed by atoms with van der Waals surface area (Å²) in [6.07, 6.45) is 17.1. The summed E-state index contributed by atoms with van der Waals surface area (Å²) in [7, 11) is 0. The average Bonchev–Trinajstić information content (AvgIpc) is 2.43. The molecular formula is C17H33NO. The standard InChI is InChI=1S/C17H33NO/c1-2-3-4-5-9-12-15-18-16-13-10-7-6-8-11-14-17-19/h14,18H,2-13,15-16H2,1H3. The third kappa shape index (κ3) is 17.4. The van der Waals surface area contributed by atoms with Gasteiger partial charge < -0.3 is 5.32 Å². The minimum absolute atomic E-state index is 0.903. The largest absolute Gasteiger partial charge is 0.317 e. The van der Waals surface area contributed by atoms with E-state index in [0.717, 1.165) is 12.8 Å². The fraction of sp³-hybridized carbons (Fsp3) is 0.882. The molecule has 19 heavy (non-hydrogen) atoms. The van der Waals surface area contributed by atoms with Crippen LogP contribution in [0.5, 0.6) is 0 Å². The smallest absolute Gasteiger partial charge is 0.120 e. The van der Waals surface area contributed by atoms with E-state index < -0.39 is 0 Å². The Labute approximate surface area is 120 Å². The van der Waals surface area contributed by atoms with Gasteiger partial charge in [-0.05, 0) is 44.8 Å². The number of unbranched alkanes of at least 4 members (excludes halogenated alkanes) is 10. The third-order valence-electron chi connectivity index (χ3n) is 3.49. The van der Waals surface area contributed by atoms with E-state index >= 15 is 0 Å². The first kappa shape index (κ1) is 18.4. The summed E-state index contributed by atoms with van der Waals surface area (Å²) in [6, 6.07) is 0. The lowest BCUT2D eigenvalue weighted by Gasteiger charge is -2.04. The van der Waals surface area contributed by atoms with Crippen LogP contribution >= 0.6 is 0 Å². The van der Waals surface area contributed by atoms with Crippen LogP contribution in [0, 0.1) is 0 Å². The average molecular weight is 267 g/mol. The van der Waals surface area contributed by atoms with Crippen LogP contribution in [0.15, 0.2) is 6.08 Å². The number of nitrogens with one attached hydrogen (secondary N) is 1. The fourth-order valence-electron chi connectivity index (χ4n) is 2.24. The molecule has 1 N–H and O–H groups in total. The first-order valence-corrected chi connectivity index (χ1v) is 8.32. The maximum atomic E-state index is 9.95. The van der Waals surface area contributed by atoms with Crippen molar-refractivity contribution in [2.24, 2.45) is 0 Å². The zero-order valence-electron chi connectivity index (χ0n) is 12.9. The van der Waals surface area contributed by atoms with Gasteiger partial charge in [-0.1, -0.05) is 58.3 Å². The van der Waals surface area contributed by atoms with E-state index in [1.165, 1.54) is 77.3 Å². The van der Waals surface area contributed by atoms with Gasteiger partial charge in [-0.25, -0.2) is 4.79 Å². The second kappa shape index (κ2) is 17.4. The Morgan fingerprint density at radius 3 is 1.89 bits per heavy atom. The molecule has 0 aliphatic carbocycles. The van der Waals surface area contributed by atoms with Crippen molar-refractivity contribution in [1.29, 1.82) is 0 Å². The topological polar surface area (TPSA) is 29.1 Å². The molecule has 0 aliphatic heterocycles. The molecular weight excluding hydrogens is 234 g/mol. The van der Waals surface area contributed by atoms with E-state index in [2.05, 4.69) is 12.2 Å². The molecule has 0 saturated carbocycles. The van der Waals surface area contributed by atoms with Crippen molar-refractivity contribution in [2.75, 3.05) is 13.1 Å². The molecule has 0 bridgehead atoms. The van der Waals surface area contributed by atoms with Crippen LogP contribution in [-0.2, 0) is 4.79 Å². The van der Waals surface area contributed by atoms with E-state index in [4.69, 9.17) is 0 Å². The molecule has 0 saturated heterocycles. The van der Waals surface area contributed by atoms with E-state index in [0.29, 0.717) is 0 Å². The molecule has 0 aromatic heterocycles. The monoisotopic (exact) mass is 267 g/mol. The lowest BCUT2D eigenvalue weighted by Crippen LogP contribution is -2.16. The highest BCUT2D eigenvalue weighted by molar-refractivity contribution is 5.44. The van der Waals surface area contributed by atoms with E-state index in [1.807, 2.05) is 5.94 Å². The molecule has 0 unspecified atom stereocenters. The zero-order valence-corrected chi connectivity index (χ0v) is 12.9. The van der Waals surface area contributed by atoms with Crippen LogP contribution in [-0.4, -0.2) is 19.0 Å². The Hall–Kier alpha value is -0.590. The SMILES string of the molecule is CCCCCCCCNCCCCCCCC=C=O. The van der Waals surface area contributed by atoms with Crippen LogP contribution in [0.3, 0.4) is 0 Å². The molecule has 0 aromatic rings. The van der Waals surface area contributed by atoms with Gasteiger partial charge in [0, 0.05) is 0 Å². The van der Waals surface area contributed by atoms with Crippen molar-refractivity contribution in [1.82, 2.24) is 5.32 Å². The molecule has 112 valence electrons. The Balaban J connectivity index is 2.93. The van der Waals surface area contributed by atoms with Crippen molar-refractivity contribution in [3.05, 3.63) is 6.08 Å². The molecule has 0 rings (SSSR count). The maximum absolute atomic E-state index is 9.95. The van der Waals surface area contributed by atoms with Gasteiger partial charge in [-0.15, -0.1) is 0 Å². The van der Waals surface area contributed by atoms with Gasteiger partial charge in [-0.2, -0.15) is 0 Å². The fourth-order valence-corrected chi connectivity index (χ4v) is 2.24. The Morgan fingerprint density at radius 1 is 0.789 bits per heavy atom. The van der Waals surface area contributed by atoms with Crippen molar-refractivity contribution in [3.8, 4) is 0 Å². The molecule has 0 heterocycles. The molecule has 0 spiro atoms. The first-order valence-electron chi connectivity index (χ1n) is 8.32. The Morgan fingerprint density at radius 2 is 1.32 bits per heavy atom. The highest BCUT2D eigenvalue weighted by Crippen LogP contribution is 2.05. The Kier molecular flexibility index (Phi) is 16.9. The zero-order chi connectivity index (χ0) is 14.0. The molecule has 0 amide bonds. The summed E-state index contributed by atoms with van der Waals surface area (Å²) in [5, 5.41) is 3.53. The quantitative estimate of drug-likeness (QED) is 0.345. The van der Waals surface area contributed by atoms with Crippen molar-refractivity contribution in [2.45, 2.75) is 84.0 Å². The molecule has 0 fully saturated rings. The van der Waals surface area contributed by atoms with Crippen LogP contribution in [0.4, 0.5) is 0 Å². The molecule has 0 atom stereocenters. The molecule has 0 radical (unpaired) electrons. The van der Waals surface area contributed by atoms with E-state index in [9.17, 15) is 4.79 Å². The summed E-state index contributed by atoms with van der Waals surface area (Å²) in [5.74, 6) is 1.83. The molecule has 0 aliphatic rings. The lowest BCUT2D eigenvalue weighted by atomic mass is 10.1. The number of carbonyl (C=O) groups excluding carboxylic acids is 1. The normalized spacial score (nSPS) is 10.4. The van der Waals surface area contributed by atoms with Gasteiger partial charge in [0.25, 0.3) is 0 Å². The van der Waals surface area contributed by atoms with Crippen LogP contribution in [0.1, 0.15) is 84.0 Å². The lowest BCUT2D eigenvalue weighted by molar-refractivity contribution is 0.545. The summed E-state index contributed by atoms with van der Waals surface area (Å²) in [6.45, 7) is 4.63. The first-order chi connectivity index (χ1) is 9.41.